The van der Waals surface area contributed by atoms with E-state index in [-0.39, 0.29) is 11.4 Å². The van der Waals surface area contributed by atoms with Gasteiger partial charge in [0.2, 0.25) is 10.0 Å². The van der Waals surface area contributed by atoms with Crippen molar-refractivity contribution in [2.75, 3.05) is 6.54 Å². The highest BCUT2D eigenvalue weighted by Gasteiger charge is 2.39. The Hall–Kier alpha value is -3.17. The molecular formula is C27H24Cl2N4O3S. The number of amides is 1. The molecule has 1 aliphatic rings. The van der Waals surface area contributed by atoms with Gasteiger partial charge in [-0.2, -0.15) is 9.41 Å². The largest absolute Gasteiger partial charge is 0.342 e. The molecule has 1 aromatic heterocycles. The number of nitrogens with zero attached hydrogens (tertiary/aromatic N) is 3. The van der Waals surface area contributed by atoms with E-state index in [1.807, 2.05) is 54.7 Å². The second-order valence-electron chi connectivity index (χ2n) is 8.82. The van der Waals surface area contributed by atoms with Crippen LogP contribution in [0, 0.1) is 0 Å². The molecule has 0 aliphatic carbocycles. The summed E-state index contributed by atoms with van der Waals surface area (Å²) in [5, 5.41) is 6.29. The molecule has 1 amide bonds. The van der Waals surface area contributed by atoms with E-state index in [9.17, 15) is 13.2 Å². The average Bonchev–Trinajstić information content (AvgIpc) is 3.52. The van der Waals surface area contributed by atoms with Gasteiger partial charge in [-0.25, -0.2) is 13.8 Å². The van der Waals surface area contributed by atoms with E-state index in [4.69, 9.17) is 23.2 Å². The molecule has 10 heteroatoms. The summed E-state index contributed by atoms with van der Waals surface area (Å²) in [4.78, 5) is 13.1. The van der Waals surface area contributed by atoms with E-state index in [0.717, 1.165) is 22.0 Å². The van der Waals surface area contributed by atoms with E-state index >= 15 is 0 Å². The lowest BCUT2D eigenvalue weighted by Crippen LogP contribution is -2.44. The second-order valence-corrected chi connectivity index (χ2v) is 11.6. The molecule has 3 aromatic carbocycles. The zero-order chi connectivity index (χ0) is 26.0. The molecule has 7 nitrogen and oxygen atoms in total. The number of aromatic nitrogens is 1. The van der Waals surface area contributed by atoms with Gasteiger partial charge in [-0.15, -0.1) is 0 Å². The maximum Gasteiger partial charge on any atom is 0.258 e. The maximum absolute atomic E-state index is 13.1. The Bertz CT molecular complexity index is 1570. The second kappa shape index (κ2) is 10.7. The summed E-state index contributed by atoms with van der Waals surface area (Å²) in [6, 6.07) is 20.7. The number of rotatable bonds is 7. The van der Waals surface area contributed by atoms with Crippen LogP contribution in [0.5, 0.6) is 0 Å². The lowest BCUT2D eigenvalue weighted by Gasteiger charge is -2.22. The predicted molar refractivity (Wildman–Crippen MR) is 147 cm³/mol. The van der Waals surface area contributed by atoms with Gasteiger partial charge < -0.3 is 4.57 Å². The molecular weight excluding hydrogens is 531 g/mol. The monoisotopic (exact) mass is 554 g/mol. The smallest absolute Gasteiger partial charge is 0.258 e. The van der Waals surface area contributed by atoms with Crippen molar-refractivity contribution in [3.63, 3.8) is 0 Å². The van der Waals surface area contributed by atoms with Crippen molar-refractivity contribution in [3.8, 4) is 0 Å². The molecule has 2 heterocycles. The van der Waals surface area contributed by atoms with Gasteiger partial charge in [0, 0.05) is 45.8 Å². The topological polar surface area (TPSA) is 83.8 Å². The summed E-state index contributed by atoms with van der Waals surface area (Å²) < 4.78 is 29.6. The number of nitrogens with one attached hydrogen (secondary N) is 1. The van der Waals surface area contributed by atoms with Gasteiger partial charge in [0.15, 0.2) is 0 Å². The van der Waals surface area contributed by atoms with Crippen molar-refractivity contribution < 1.29 is 13.2 Å². The van der Waals surface area contributed by atoms with Crippen LogP contribution in [0.1, 0.15) is 24.0 Å². The Labute approximate surface area is 225 Å². The van der Waals surface area contributed by atoms with Crippen molar-refractivity contribution in [1.82, 2.24) is 14.3 Å². The molecule has 1 atom stereocenters. The van der Waals surface area contributed by atoms with Gasteiger partial charge in [0.25, 0.3) is 5.91 Å². The van der Waals surface area contributed by atoms with Gasteiger partial charge in [0.1, 0.15) is 6.04 Å². The minimum absolute atomic E-state index is 0.105. The molecule has 1 fully saturated rings. The van der Waals surface area contributed by atoms with Gasteiger partial charge in [-0.05, 0) is 60.9 Å². The number of hydrogen-bond donors (Lipinski definition) is 1. The summed E-state index contributed by atoms with van der Waals surface area (Å²) >= 11 is 11.9. The number of hydrazone groups is 1. The fourth-order valence-corrected chi connectivity index (χ4v) is 6.48. The van der Waals surface area contributed by atoms with Crippen LogP contribution in [0.3, 0.4) is 0 Å². The molecule has 5 rings (SSSR count). The van der Waals surface area contributed by atoms with Crippen LogP contribution in [0.4, 0.5) is 0 Å². The first-order chi connectivity index (χ1) is 17.8. The highest BCUT2D eigenvalue weighted by molar-refractivity contribution is 7.89. The molecule has 1 N–H and O–H groups in total. The summed E-state index contributed by atoms with van der Waals surface area (Å²) in [5.74, 6) is -0.462. The number of para-hydroxylation sites is 1. The van der Waals surface area contributed by atoms with Gasteiger partial charge in [0.05, 0.1) is 11.1 Å². The van der Waals surface area contributed by atoms with Gasteiger partial charge in [-0.3, -0.25) is 4.79 Å². The highest BCUT2D eigenvalue weighted by Crippen LogP contribution is 2.27. The van der Waals surface area contributed by atoms with Crippen LogP contribution in [-0.2, 0) is 21.4 Å². The Morgan fingerprint density at radius 2 is 1.68 bits per heavy atom. The number of carbonyl (C=O) groups is 1. The number of carbonyl (C=O) groups excluding carboxylic acids is 1. The van der Waals surface area contributed by atoms with Crippen molar-refractivity contribution in [2.45, 2.75) is 30.3 Å². The van der Waals surface area contributed by atoms with Gasteiger partial charge >= 0.3 is 0 Å². The molecule has 0 unspecified atom stereocenters. The fraction of sp³-hybridized carbons (Fsp3) is 0.185. The molecule has 37 heavy (non-hydrogen) atoms. The van der Waals surface area contributed by atoms with E-state index in [0.29, 0.717) is 29.4 Å². The number of sulfonamides is 1. The Kier molecular flexibility index (Phi) is 7.35. The van der Waals surface area contributed by atoms with E-state index in [1.165, 1.54) is 28.6 Å². The SMILES string of the molecule is O=C(N/N=C\c1cn(Cc2ccc(Cl)cc2)c2ccccc12)[C@@H]1CCCN1S(=O)(=O)c1ccc(Cl)cc1. The number of fused-ring (bicyclic) bond motifs is 1. The lowest BCUT2D eigenvalue weighted by molar-refractivity contribution is -0.124. The number of halogens is 2. The first-order valence-corrected chi connectivity index (χ1v) is 14.0. The number of hydrogen-bond acceptors (Lipinski definition) is 4. The fourth-order valence-electron chi connectivity index (χ4n) is 4.57. The Morgan fingerprint density at radius 3 is 2.41 bits per heavy atom. The Morgan fingerprint density at radius 1 is 1.00 bits per heavy atom. The minimum atomic E-state index is -3.83. The quantitative estimate of drug-likeness (QED) is 0.248. The van der Waals surface area contributed by atoms with Crippen LogP contribution in [0.15, 0.2) is 89.0 Å². The molecule has 0 bridgehead atoms. The molecule has 0 saturated carbocycles. The van der Waals surface area contributed by atoms with Crippen molar-refractivity contribution in [1.29, 1.82) is 0 Å². The van der Waals surface area contributed by atoms with Gasteiger partial charge in [-0.1, -0.05) is 53.5 Å². The third-order valence-electron chi connectivity index (χ3n) is 6.39. The zero-order valence-corrected chi connectivity index (χ0v) is 22.0. The molecule has 4 aromatic rings. The van der Waals surface area contributed by atoms with Crippen molar-refractivity contribution in [3.05, 3.63) is 100 Å². The van der Waals surface area contributed by atoms with E-state index in [2.05, 4.69) is 15.1 Å². The van der Waals surface area contributed by atoms with Crippen LogP contribution in [0.2, 0.25) is 10.0 Å². The third-order valence-corrected chi connectivity index (χ3v) is 8.82. The zero-order valence-electron chi connectivity index (χ0n) is 19.7. The minimum Gasteiger partial charge on any atom is -0.342 e. The van der Waals surface area contributed by atoms with Crippen LogP contribution < -0.4 is 5.43 Å². The molecule has 0 spiro atoms. The summed E-state index contributed by atoms with van der Waals surface area (Å²) in [7, 11) is -3.83. The molecule has 0 radical (unpaired) electrons. The van der Waals surface area contributed by atoms with E-state index in [1.54, 1.807) is 6.21 Å². The van der Waals surface area contributed by atoms with Crippen LogP contribution in [-0.4, -0.2) is 42.0 Å². The average molecular weight is 555 g/mol. The molecule has 190 valence electrons. The summed E-state index contributed by atoms with van der Waals surface area (Å²) in [6.45, 7) is 0.919. The van der Waals surface area contributed by atoms with Crippen LogP contribution >= 0.6 is 23.2 Å². The van der Waals surface area contributed by atoms with Crippen LogP contribution in [0.25, 0.3) is 10.9 Å². The van der Waals surface area contributed by atoms with Crippen molar-refractivity contribution >= 4 is 56.2 Å². The van der Waals surface area contributed by atoms with E-state index < -0.39 is 22.0 Å². The maximum atomic E-state index is 13.1. The normalized spacial score (nSPS) is 16.5. The standard InChI is InChI=1S/C27H24Cl2N4O3S/c28-21-9-7-19(8-10-21)17-32-18-20(24-4-1-2-5-25(24)32)16-30-31-27(34)26-6-3-15-33(26)37(35,36)23-13-11-22(29)12-14-23/h1-2,4-5,7-14,16,18,26H,3,6,15,17H2,(H,31,34)/b30-16-/t26-/m0/s1. The lowest BCUT2D eigenvalue weighted by atomic mass is 10.2. The molecule has 1 aliphatic heterocycles. The first kappa shape index (κ1) is 25.5. The first-order valence-electron chi connectivity index (χ1n) is 11.8. The number of benzene rings is 3. The summed E-state index contributed by atoms with van der Waals surface area (Å²) in [6.07, 6.45) is 4.58. The Balaban J connectivity index is 1.32. The summed E-state index contributed by atoms with van der Waals surface area (Å²) in [5.41, 5.74) is 5.51. The highest BCUT2D eigenvalue weighted by atomic mass is 35.5. The van der Waals surface area contributed by atoms with Crippen molar-refractivity contribution in [2.24, 2.45) is 5.10 Å². The predicted octanol–water partition coefficient (Wildman–Crippen LogP) is 5.30. The molecule has 1 saturated heterocycles. The third kappa shape index (κ3) is 5.43.